The zero-order chi connectivity index (χ0) is 10.6. The van der Waals surface area contributed by atoms with Gasteiger partial charge in [0.05, 0.1) is 13.2 Å². The summed E-state index contributed by atoms with van der Waals surface area (Å²) in [4.78, 5) is 0. The van der Waals surface area contributed by atoms with Crippen LogP contribution in [0, 0.1) is 12.3 Å². The summed E-state index contributed by atoms with van der Waals surface area (Å²) in [5, 5.41) is 18.3. The van der Waals surface area contributed by atoms with Gasteiger partial charge < -0.3 is 10.2 Å². The van der Waals surface area contributed by atoms with E-state index in [9.17, 15) is 0 Å². The molecule has 2 heteroatoms. The summed E-state index contributed by atoms with van der Waals surface area (Å²) in [5.41, 5.74) is 1.97. The molecule has 2 nitrogen and oxygen atoms in total. The van der Waals surface area contributed by atoms with Gasteiger partial charge in [-0.15, -0.1) is 0 Å². The minimum atomic E-state index is -0.407. The number of aliphatic hydroxyl groups is 2. The lowest BCUT2D eigenvalue weighted by molar-refractivity contribution is 0.0704. The maximum atomic E-state index is 9.14. The Bertz CT molecular complexity index is 273. The molecule has 2 N–H and O–H groups in total. The van der Waals surface area contributed by atoms with E-state index in [1.807, 2.05) is 38.1 Å². The smallest absolute Gasteiger partial charge is 0.0509 e. The molecule has 0 aliphatic carbocycles. The highest BCUT2D eigenvalue weighted by Gasteiger charge is 2.22. The molecular formula is C12H18O2. The fourth-order valence-corrected chi connectivity index (χ4v) is 1.36. The van der Waals surface area contributed by atoms with Crippen molar-refractivity contribution in [1.29, 1.82) is 0 Å². The Morgan fingerprint density at radius 3 is 2.00 bits per heavy atom. The average Bonchev–Trinajstić information content (AvgIpc) is 2.21. The van der Waals surface area contributed by atoms with Crippen LogP contribution in [0.25, 0.3) is 0 Å². The quantitative estimate of drug-likeness (QED) is 0.763. The first-order valence-corrected chi connectivity index (χ1v) is 4.87. The second kappa shape index (κ2) is 4.58. The first-order valence-electron chi connectivity index (χ1n) is 4.87. The Morgan fingerprint density at radius 2 is 1.57 bits per heavy atom. The molecule has 1 aromatic rings. The summed E-state index contributed by atoms with van der Waals surface area (Å²) >= 11 is 0. The third-order valence-corrected chi connectivity index (χ3v) is 2.51. The second-order valence-electron chi connectivity index (χ2n) is 4.29. The van der Waals surface area contributed by atoms with E-state index in [4.69, 9.17) is 10.2 Å². The molecule has 0 fully saturated rings. The number of hydrogen-bond donors (Lipinski definition) is 2. The fraction of sp³-hybridized carbons (Fsp3) is 0.500. The molecule has 1 aromatic carbocycles. The molecule has 0 saturated heterocycles. The third kappa shape index (κ3) is 2.82. The highest BCUT2D eigenvalue weighted by molar-refractivity contribution is 5.22. The van der Waals surface area contributed by atoms with Crippen molar-refractivity contribution < 1.29 is 10.2 Å². The molecule has 78 valence electrons. The Morgan fingerprint density at radius 1 is 1.07 bits per heavy atom. The van der Waals surface area contributed by atoms with Gasteiger partial charge in [0.2, 0.25) is 0 Å². The number of aryl methyl sites for hydroxylation is 1. The molecule has 0 bridgehead atoms. The lowest BCUT2D eigenvalue weighted by Crippen LogP contribution is -2.28. The van der Waals surface area contributed by atoms with Gasteiger partial charge in [0.1, 0.15) is 0 Å². The zero-order valence-corrected chi connectivity index (χ0v) is 8.83. The summed E-state index contributed by atoms with van der Waals surface area (Å²) in [5.74, 6) is 0. The van der Waals surface area contributed by atoms with Crippen molar-refractivity contribution in [3.8, 4) is 0 Å². The Hall–Kier alpha value is -0.860. The van der Waals surface area contributed by atoms with Crippen molar-refractivity contribution in [3.05, 3.63) is 35.4 Å². The van der Waals surface area contributed by atoms with Crippen molar-refractivity contribution in [2.24, 2.45) is 5.41 Å². The van der Waals surface area contributed by atoms with E-state index in [0.29, 0.717) is 6.42 Å². The predicted molar refractivity (Wildman–Crippen MR) is 57.2 cm³/mol. The van der Waals surface area contributed by atoms with Crippen LogP contribution in [0.3, 0.4) is 0 Å². The third-order valence-electron chi connectivity index (χ3n) is 2.51. The van der Waals surface area contributed by atoms with Gasteiger partial charge in [0.15, 0.2) is 0 Å². The van der Waals surface area contributed by atoms with Gasteiger partial charge in [0.25, 0.3) is 0 Å². The minimum absolute atomic E-state index is 0.0113. The van der Waals surface area contributed by atoms with Crippen molar-refractivity contribution >= 4 is 0 Å². The van der Waals surface area contributed by atoms with E-state index >= 15 is 0 Å². The van der Waals surface area contributed by atoms with Crippen LogP contribution in [0.5, 0.6) is 0 Å². The van der Waals surface area contributed by atoms with Gasteiger partial charge in [-0.2, -0.15) is 0 Å². The van der Waals surface area contributed by atoms with Gasteiger partial charge in [0, 0.05) is 5.41 Å². The predicted octanol–water partition coefficient (Wildman–Crippen LogP) is 1.53. The molecule has 0 saturated carbocycles. The molecule has 14 heavy (non-hydrogen) atoms. The first kappa shape index (κ1) is 11.2. The van der Waals surface area contributed by atoms with Crippen molar-refractivity contribution in [2.45, 2.75) is 20.3 Å². The SMILES string of the molecule is Cc1ccc(CC(C)(CO)CO)cc1. The summed E-state index contributed by atoms with van der Waals surface area (Å²) in [6.07, 6.45) is 0.709. The van der Waals surface area contributed by atoms with E-state index in [1.54, 1.807) is 0 Å². The van der Waals surface area contributed by atoms with Crippen LogP contribution in [-0.4, -0.2) is 23.4 Å². The van der Waals surface area contributed by atoms with Gasteiger partial charge in [-0.3, -0.25) is 0 Å². The van der Waals surface area contributed by atoms with Gasteiger partial charge >= 0.3 is 0 Å². The van der Waals surface area contributed by atoms with Crippen LogP contribution in [0.15, 0.2) is 24.3 Å². The summed E-state index contributed by atoms with van der Waals surface area (Å²) in [6, 6.07) is 8.17. The monoisotopic (exact) mass is 194 g/mol. The maximum Gasteiger partial charge on any atom is 0.0509 e. The first-order chi connectivity index (χ1) is 6.59. The highest BCUT2D eigenvalue weighted by atomic mass is 16.3. The van der Waals surface area contributed by atoms with Crippen molar-refractivity contribution in [1.82, 2.24) is 0 Å². The van der Waals surface area contributed by atoms with Gasteiger partial charge in [-0.05, 0) is 18.9 Å². The summed E-state index contributed by atoms with van der Waals surface area (Å²) < 4.78 is 0. The van der Waals surface area contributed by atoms with E-state index in [-0.39, 0.29) is 13.2 Å². The molecule has 0 heterocycles. The molecule has 0 unspecified atom stereocenters. The average molecular weight is 194 g/mol. The highest BCUT2D eigenvalue weighted by Crippen LogP contribution is 2.21. The van der Waals surface area contributed by atoms with E-state index in [2.05, 4.69) is 0 Å². The molecular weight excluding hydrogens is 176 g/mol. The van der Waals surface area contributed by atoms with Crippen LogP contribution in [0.1, 0.15) is 18.1 Å². The molecule has 0 amide bonds. The Balaban J connectivity index is 2.72. The number of rotatable bonds is 4. The number of benzene rings is 1. The lowest BCUT2D eigenvalue weighted by Gasteiger charge is -2.24. The summed E-state index contributed by atoms with van der Waals surface area (Å²) in [6.45, 7) is 3.95. The van der Waals surface area contributed by atoms with E-state index in [0.717, 1.165) is 5.56 Å². The Kier molecular flexibility index (Phi) is 3.67. The zero-order valence-electron chi connectivity index (χ0n) is 8.83. The normalized spacial score (nSPS) is 11.7. The van der Waals surface area contributed by atoms with Gasteiger partial charge in [-0.25, -0.2) is 0 Å². The van der Waals surface area contributed by atoms with E-state index < -0.39 is 5.41 Å². The Labute approximate surface area is 85.2 Å². The molecule has 0 spiro atoms. The van der Waals surface area contributed by atoms with Crippen LogP contribution in [0.4, 0.5) is 0 Å². The standard InChI is InChI=1S/C12H18O2/c1-10-3-5-11(6-4-10)7-12(2,8-13)9-14/h3-6,13-14H,7-9H2,1-2H3. The second-order valence-corrected chi connectivity index (χ2v) is 4.29. The molecule has 0 radical (unpaired) electrons. The van der Waals surface area contributed by atoms with Crippen LogP contribution < -0.4 is 0 Å². The maximum absolute atomic E-state index is 9.14. The van der Waals surface area contributed by atoms with Gasteiger partial charge in [-0.1, -0.05) is 36.8 Å². The van der Waals surface area contributed by atoms with Crippen LogP contribution in [-0.2, 0) is 6.42 Å². The fourth-order valence-electron chi connectivity index (χ4n) is 1.36. The molecule has 0 atom stereocenters. The van der Waals surface area contributed by atoms with Crippen LogP contribution in [0.2, 0.25) is 0 Å². The largest absolute Gasteiger partial charge is 0.396 e. The number of hydrogen-bond acceptors (Lipinski definition) is 2. The van der Waals surface area contributed by atoms with Crippen molar-refractivity contribution in [2.75, 3.05) is 13.2 Å². The molecule has 0 aliphatic rings. The van der Waals surface area contributed by atoms with Crippen LogP contribution >= 0.6 is 0 Å². The molecule has 1 rings (SSSR count). The van der Waals surface area contributed by atoms with E-state index in [1.165, 1.54) is 5.56 Å². The summed E-state index contributed by atoms with van der Waals surface area (Å²) in [7, 11) is 0. The topological polar surface area (TPSA) is 40.5 Å². The lowest BCUT2D eigenvalue weighted by atomic mass is 9.85. The minimum Gasteiger partial charge on any atom is -0.396 e. The molecule has 0 aromatic heterocycles. The van der Waals surface area contributed by atoms with Crippen molar-refractivity contribution in [3.63, 3.8) is 0 Å². The number of aliphatic hydroxyl groups excluding tert-OH is 2. The molecule has 0 aliphatic heterocycles.